The van der Waals surface area contributed by atoms with Crippen LogP contribution in [-0.4, -0.2) is 30.4 Å². The highest BCUT2D eigenvalue weighted by molar-refractivity contribution is 9.09. The van der Waals surface area contributed by atoms with Crippen LogP contribution in [0.4, 0.5) is 4.39 Å². The highest BCUT2D eigenvalue weighted by Gasteiger charge is 2.20. The lowest BCUT2D eigenvalue weighted by Crippen LogP contribution is -2.35. The lowest BCUT2D eigenvalue weighted by atomic mass is 9.95. The standard InChI is InChI=1S/C15H21BrFNO/c1-19-14-5-4-13(15(17)9-14)11-18-8-2-3-12(10-18)6-7-16/h4-5,9,12H,2-3,6-8,10-11H2,1H3. The van der Waals surface area contributed by atoms with Crippen LogP contribution < -0.4 is 4.74 Å². The topological polar surface area (TPSA) is 12.5 Å². The Balaban J connectivity index is 1.96. The molecule has 1 atom stereocenters. The molecule has 0 aromatic heterocycles. The van der Waals surface area contributed by atoms with E-state index in [1.165, 1.54) is 25.3 Å². The van der Waals surface area contributed by atoms with Gasteiger partial charge in [0.2, 0.25) is 0 Å². The van der Waals surface area contributed by atoms with Crippen molar-refractivity contribution in [3.63, 3.8) is 0 Å². The van der Waals surface area contributed by atoms with Gasteiger partial charge in [0.05, 0.1) is 7.11 Å². The third kappa shape index (κ3) is 4.18. The van der Waals surface area contributed by atoms with E-state index in [-0.39, 0.29) is 5.82 Å². The van der Waals surface area contributed by atoms with Crippen LogP contribution in [-0.2, 0) is 6.54 Å². The molecule has 0 N–H and O–H groups in total. The molecule has 1 aromatic carbocycles. The fourth-order valence-electron chi connectivity index (χ4n) is 2.71. The van der Waals surface area contributed by atoms with Gasteiger partial charge < -0.3 is 4.74 Å². The van der Waals surface area contributed by atoms with Crippen LogP contribution in [0.2, 0.25) is 0 Å². The summed E-state index contributed by atoms with van der Waals surface area (Å²) in [5.74, 6) is 1.16. The maximum Gasteiger partial charge on any atom is 0.131 e. The highest BCUT2D eigenvalue weighted by Crippen LogP contribution is 2.23. The Hall–Kier alpha value is -0.610. The van der Waals surface area contributed by atoms with E-state index < -0.39 is 0 Å². The van der Waals surface area contributed by atoms with Crippen LogP contribution in [0.25, 0.3) is 0 Å². The van der Waals surface area contributed by atoms with E-state index in [1.807, 2.05) is 12.1 Å². The molecule has 2 nitrogen and oxygen atoms in total. The fourth-order valence-corrected chi connectivity index (χ4v) is 3.36. The Bertz CT molecular complexity index is 411. The molecule has 2 rings (SSSR count). The molecule has 0 bridgehead atoms. The molecule has 0 aliphatic carbocycles. The minimum atomic E-state index is -0.165. The summed E-state index contributed by atoms with van der Waals surface area (Å²) >= 11 is 3.51. The zero-order valence-corrected chi connectivity index (χ0v) is 13.0. The van der Waals surface area contributed by atoms with Gasteiger partial charge in [0.1, 0.15) is 11.6 Å². The number of benzene rings is 1. The summed E-state index contributed by atoms with van der Waals surface area (Å²) in [6.07, 6.45) is 3.73. The molecule has 0 spiro atoms. The van der Waals surface area contributed by atoms with Gasteiger partial charge in [0, 0.05) is 30.0 Å². The number of piperidine rings is 1. The molecule has 4 heteroatoms. The first-order valence-electron chi connectivity index (χ1n) is 6.83. The lowest BCUT2D eigenvalue weighted by Gasteiger charge is -2.32. The maximum absolute atomic E-state index is 13.9. The molecule has 1 aliphatic rings. The molecule has 0 radical (unpaired) electrons. The van der Waals surface area contributed by atoms with Crippen LogP contribution >= 0.6 is 15.9 Å². The van der Waals surface area contributed by atoms with Crippen molar-refractivity contribution in [2.24, 2.45) is 5.92 Å². The number of rotatable bonds is 5. The van der Waals surface area contributed by atoms with Crippen LogP contribution in [0.1, 0.15) is 24.8 Å². The normalized spacial score (nSPS) is 20.5. The first-order valence-corrected chi connectivity index (χ1v) is 7.96. The molecule has 106 valence electrons. The number of halogens is 2. The predicted octanol–water partition coefficient (Wildman–Crippen LogP) is 3.83. The summed E-state index contributed by atoms with van der Waals surface area (Å²) < 4.78 is 19.0. The van der Waals surface area contributed by atoms with E-state index in [9.17, 15) is 4.39 Å². The molecule has 1 aliphatic heterocycles. The van der Waals surface area contributed by atoms with E-state index in [4.69, 9.17) is 4.74 Å². The number of ether oxygens (including phenoxy) is 1. The van der Waals surface area contributed by atoms with Crippen molar-refractivity contribution in [3.8, 4) is 5.75 Å². The average molecular weight is 330 g/mol. The third-order valence-electron chi connectivity index (χ3n) is 3.77. The van der Waals surface area contributed by atoms with Crippen LogP contribution in [0.15, 0.2) is 18.2 Å². The fraction of sp³-hybridized carbons (Fsp3) is 0.600. The Morgan fingerprint density at radius 1 is 1.47 bits per heavy atom. The van der Waals surface area contributed by atoms with E-state index >= 15 is 0 Å². The summed E-state index contributed by atoms with van der Waals surface area (Å²) in [5.41, 5.74) is 0.764. The summed E-state index contributed by atoms with van der Waals surface area (Å²) in [4.78, 5) is 2.36. The first-order chi connectivity index (χ1) is 9.22. The molecule has 0 saturated carbocycles. The minimum absolute atomic E-state index is 0.165. The van der Waals surface area contributed by atoms with Crippen LogP contribution in [0, 0.1) is 11.7 Å². The Morgan fingerprint density at radius 3 is 3.00 bits per heavy atom. The SMILES string of the molecule is COc1ccc(CN2CCCC(CCBr)C2)c(F)c1. The molecule has 19 heavy (non-hydrogen) atoms. The number of alkyl halides is 1. The number of likely N-dealkylation sites (tertiary alicyclic amines) is 1. The molecule has 0 amide bonds. The average Bonchev–Trinajstić information content (AvgIpc) is 2.42. The quantitative estimate of drug-likeness (QED) is 0.761. The zero-order valence-electron chi connectivity index (χ0n) is 11.4. The van der Waals surface area contributed by atoms with Crippen molar-refractivity contribution >= 4 is 15.9 Å². The summed E-state index contributed by atoms with van der Waals surface area (Å²) in [6.45, 7) is 2.86. The van der Waals surface area contributed by atoms with Gasteiger partial charge >= 0.3 is 0 Å². The van der Waals surface area contributed by atoms with Gasteiger partial charge in [-0.1, -0.05) is 22.0 Å². The first kappa shape index (κ1) is 14.8. The van der Waals surface area contributed by atoms with Gasteiger partial charge in [-0.3, -0.25) is 4.90 Å². The minimum Gasteiger partial charge on any atom is -0.497 e. The monoisotopic (exact) mass is 329 g/mol. The van der Waals surface area contributed by atoms with Gasteiger partial charge in [-0.05, 0) is 37.8 Å². The second-order valence-electron chi connectivity index (χ2n) is 5.18. The second-order valence-corrected chi connectivity index (χ2v) is 5.97. The van der Waals surface area contributed by atoms with Crippen molar-refractivity contribution in [2.45, 2.75) is 25.8 Å². The molecular weight excluding hydrogens is 309 g/mol. The van der Waals surface area contributed by atoms with E-state index in [0.717, 1.165) is 29.9 Å². The Morgan fingerprint density at radius 2 is 2.32 bits per heavy atom. The molecule has 1 saturated heterocycles. The smallest absolute Gasteiger partial charge is 0.131 e. The molecular formula is C15H21BrFNO. The number of hydrogen-bond acceptors (Lipinski definition) is 2. The number of nitrogens with zero attached hydrogens (tertiary/aromatic N) is 1. The molecule has 1 heterocycles. The van der Waals surface area contributed by atoms with E-state index in [1.54, 1.807) is 7.11 Å². The number of hydrogen-bond donors (Lipinski definition) is 0. The summed E-state index contributed by atoms with van der Waals surface area (Å²) in [6, 6.07) is 5.13. The Labute approximate surface area is 123 Å². The van der Waals surface area contributed by atoms with Crippen molar-refractivity contribution in [1.29, 1.82) is 0 Å². The molecule has 1 unspecified atom stereocenters. The van der Waals surface area contributed by atoms with Gasteiger partial charge in [0.15, 0.2) is 0 Å². The van der Waals surface area contributed by atoms with Crippen molar-refractivity contribution in [2.75, 3.05) is 25.5 Å². The lowest BCUT2D eigenvalue weighted by molar-refractivity contribution is 0.164. The van der Waals surface area contributed by atoms with Gasteiger partial charge in [-0.15, -0.1) is 0 Å². The van der Waals surface area contributed by atoms with Gasteiger partial charge in [-0.2, -0.15) is 0 Å². The van der Waals surface area contributed by atoms with Crippen molar-refractivity contribution < 1.29 is 9.13 Å². The maximum atomic E-state index is 13.9. The molecule has 1 fully saturated rings. The number of methoxy groups -OCH3 is 1. The highest BCUT2D eigenvalue weighted by atomic mass is 79.9. The van der Waals surface area contributed by atoms with Gasteiger partial charge in [-0.25, -0.2) is 4.39 Å². The van der Waals surface area contributed by atoms with Gasteiger partial charge in [0.25, 0.3) is 0 Å². The summed E-state index contributed by atoms with van der Waals surface area (Å²) in [7, 11) is 1.56. The summed E-state index contributed by atoms with van der Waals surface area (Å²) in [5, 5.41) is 1.06. The van der Waals surface area contributed by atoms with Crippen molar-refractivity contribution in [1.82, 2.24) is 4.90 Å². The third-order valence-corrected chi connectivity index (χ3v) is 4.23. The largest absolute Gasteiger partial charge is 0.497 e. The molecule has 1 aromatic rings. The van der Waals surface area contributed by atoms with E-state index in [0.29, 0.717) is 12.3 Å². The predicted molar refractivity (Wildman–Crippen MR) is 79.4 cm³/mol. The van der Waals surface area contributed by atoms with Crippen LogP contribution in [0.3, 0.4) is 0 Å². The van der Waals surface area contributed by atoms with E-state index in [2.05, 4.69) is 20.8 Å². The Kier molecular flexibility index (Phi) is 5.64. The zero-order chi connectivity index (χ0) is 13.7. The van der Waals surface area contributed by atoms with Crippen molar-refractivity contribution in [3.05, 3.63) is 29.6 Å². The van der Waals surface area contributed by atoms with Crippen LogP contribution in [0.5, 0.6) is 5.75 Å². The second kappa shape index (κ2) is 7.25.